The number of nitrogens with zero attached hydrogens (tertiary/aromatic N) is 3. The van der Waals surface area contributed by atoms with Gasteiger partial charge in [-0.15, -0.1) is 0 Å². The van der Waals surface area contributed by atoms with Gasteiger partial charge in [0.2, 0.25) is 0 Å². The highest BCUT2D eigenvalue weighted by Crippen LogP contribution is 2.31. The topological polar surface area (TPSA) is 36.4 Å². The van der Waals surface area contributed by atoms with E-state index in [-0.39, 0.29) is 11.5 Å². The zero-order valence-corrected chi connectivity index (χ0v) is 16.1. The molecule has 0 fully saturated rings. The summed E-state index contributed by atoms with van der Waals surface area (Å²) in [7, 11) is 3.95. The standard InChI is InChI=1S/C19H19ClFN3OS/c1-23(2)10-5-11-24(18(25)14-6-3-4-7-15(14)21)19-22-16-9-8-13(20)12-17(16)26-19/h3-4,6-9,12H,5,10-11H2,1-2H3. The molecule has 4 nitrogen and oxygen atoms in total. The number of aromatic nitrogens is 1. The first kappa shape index (κ1) is 18.8. The van der Waals surface area contributed by atoms with Gasteiger partial charge in [-0.05, 0) is 57.4 Å². The summed E-state index contributed by atoms with van der Waals surface area (Å²) in [5.74, 6) is -0.911. The summed E-state index contributed by atoms with van der Waals surface area (Å²) in [4.78, 5) is 21.2. The Hall–Kier alpha value is -2.02. The van der Waals surface area contributed by atoms with Crippen LogP contribution in [-0.4, -0.2) is 43.0 Å². The van der Waals surface area contributed by atoms with Crippen molar-refractivity contribution in [1.29, 1.82) is 0 Å². The highest BCUT2D eigenvalue weighted by molar-refractivity contribution is 7.22. The zero-order valence-electron chi connectivity index (χ0n) is 14.6. The van der Waals surface area contributed by atoms with Gasteiger partial charge < -0.3 is 4.90 Å². The Bertz CT molecular complexity index is 928. The third-order valence-electron chi connectivity index (χ3n) is 3.91. The highest BCUT2D eigenvalue weighted by atomic mass is 35.5. The van der Waals surface area contributed by atoms with Crippen molar-refractivity contribution in [2.75, 3.05) is 32.1 Å². The number of amides is 1. The Morgan fingerprint density at radius 1 is 1.19 bits per heavy atom. The molecule has 0 radical (unpaired) electrons. The lowest BCUT2D eigenvalue weighted by molar-refractivity contribution is 0.0982. The van der Waals surface area contributed by atoms with Gasteiger partial charge in [-0.1, -0.05) is 35.1 Å². The predicted molar refractivity (Wildman–Crippen MR) is 106 cm³/mol. The molecule has 0 bridgehead atoms. The van der Waals surface area contributed by atoms with Crippen LogP contribution < -0.4 is 4.90 Å². The van der Waals surface area contributed by atoms with Crippen LogP contribution in [0.3, 0.4) is 0 Å². The van der Waals surface area contributed by atoms with Crippen molar-refractivity contribution in [3.8, 4) is 0 Å². The summed E-state index contributed by atoms with van der Waals surface area (Å²) in [6.45, 7) is 1.27. The Morgan fingerprint density at radius 2 is 1.96 bits per heavy atom. The fourth-order valence-electron chi connectivity index (χ4n) is 2.61. The molecule has 136 valence electrons. The second kappa shape index (κ2) is 8.12. The SMILES string of the molecule is CN(C)CCCN(C(=O)c1ccccc1F)c1nc2ccc(Cl)cc2s1. The van der Waals surface area contributed by atoms with Crippen LogP contribution in [0.25, 0.3) is 10.2 Å². The van der Waals surface area contributed by atoms with Crippen LogP contribution in [-0.2, 0) is 0 Å². The number of hydrogen-bond acceptors (Lipinski definition) is 4. The lowest BCUT2D eigenvalue weighted by Gasteiger charge is -2.21. The monoisotopic (exact) mass is 391 g/mol. The van der Waals surface area contributed by atoms with Gasteiger partial charge in [0.1, 0.15) is 5.82 Å². The maximum atomic E-state index is 14.1. The quantitative estimate of drug-likeness (QED) is 0.611. The summed E-state index contributed by atoms with van der Waals surface area (Å²) in [6.07, 6.45) is 0.754. The lowest BCUT2D eigenvalue weighted by Crippen LogP contribution is -2.34. The van der Waals surface area contributed by atoms with Crippen LogP contribution in [0.15, 0.2) is 42.5 Å². The molecule has 3 rings (SSSR count). The number of thiazole rings is 1. The van der Waals surface area contributed by atoms with Crippen molar-refractivity contribution in [3.05, 3.63) is 58.9 Å². The maximum Gasteiger partial charge on any atom is 0.263 e. The number of benzene rings is 2. The third-order valence-corrected chi connectivity index (χ3v) is 5.18. The van der Waals surface area contributed by atoms with E-state index in [1.165, 1.54) is 23.5 Å². The predicted octanol–water partition coefficient (Wildman–Crippen LogP) is 4.69. The molecule has 26 heavy (non-hydrogen) atoms. The molecule has 0 aliphatic rings. The number of rotatable bonds is 6. The first-order chi connectivity index (χ1) is 12.5. The van der Waals surface area contributed by atoms with Gasteiger partial charge in [0.15, 0.2) is 5.13 Å². The van der Waals surface area contributed by atoms with Gasteiger partial charge >= 0.3 is 0 Å². The van der Waals surface area contributed by atoms with Crippen LogP contribution in [0.5, 0.6) is 0 Å². The molecule has 0 atom stereocenters. The Labute approximate surface area is 160 Å². The minimum absolute atomic E-state index is 0.0506. The second-order valence-corrected chi connectivity index (χ2v) is 7.65. The van der Waals surface area contributed by atoms with Crippen molar-refractivity contribution in [1.82, 2.24) is 9.88 Å². The van der Waals surface area contributed by atoms with Crippen LogP contribution in [0, 0.1) is 5.82 Å². The molecule has 3 aromatic rings. The van der Waals surface area contributed by atoms with Gasteiger partial charge in [0, 0.05) is 11.6 Å². The van der Waals surface area contributed by atoms with Crippen molar-refractivity contribution >= 4 is 44.2 Å². The molecule has 0 aliphatic carbocycles. The van der Waals surface area contributed by atoms with E-state index in [1.54, 1.807) is 23.1 Å². The minimum atomic E-state index is -0.528. The van der Waals surface area contributed by atoms with Gasteiger partial charge in [0.25, 0.3) is 5.91 Å². The summed E-state index contributed by atoms with van der Waals surface area (Å²) >= 11 is 7.43. The van der Waals surface area contributed by atoms with E-state index in [1.807, 2.05) is 31.1 Å². The van der Waals surface area contributed by atoms with Crippen LogP contribution in [0.2, 0.25) is 5.02 Å². The summed E-state index contributed by atoms with van der Waals surface area (Å²) < 4.78 is 15.0. The van der Waals surface area contributed by atoms with Crippen molar-refractivity contribution in [3.63, 3.8) is 0 Å². The maximum absolute atomic E-state index is 14.1. The number of carbonyl (C=O) groups excluding carboxylic acids is 1. The fourth-order valence-corrected chi connectivity index (χ4v) is 3.88. The first-order valence-electron chi connectivity index (χ1n) is 8.23. The minimum Gasteiger partial charge on any atom is -0.309 e. The normalized spacial score (nSPS) is 11.3. The molecule has 0 saturated heterocycles. The van der Waals surface area contributed by atoms with E-state index >= 15 is 0 Å². The molecule has 1 aromatic heterocycles. The third kappa shape index (κ3) is 4.20. The van der Waals surface area contributed by atoms with E-state index in [0.717, 1.165) is 23.2 Å². The smallest absolute Gasteiger partial charge is 0.263 e. The number of halogens is 2. The molecule has 0 unspecified atom stereocenters. The molecule has 1 heterocycles. The Morgan fingerprint density at radius 3 is 2.69 bits per heavy atom. The van der Waals surface area contributed by atoms with E-state index in [4.69, 9.17) is 11.6 Å². The van der Waals surface area contributed by atoms with Crippen LogP contribution >= 0.6 is 22.9 Å². The molecular weight excluding hydrogens is 373 g/mol. The second-order valence-electron chi connectivity index (χ2n) is 6.20. The van der Waals surface area contributed by atoms with Gasteiger partial charge in [-0.3, -0.25) is 9.69 Å². The Balaban J connectivity index is 1.96. The van der Waals surface area contributed by atoms with Gasteiger partial charge in [-0.25, -0.2) is 9.37 Å². The lowest BCUT2D eigenvalue weighted by atomic mass is 10.2. The van der Waals surface area contributed by atoms with E-state index in [2.05, 4.69) is 4.98 Å². The average Bonchev–Trinajstić information content (AvgIpc) is 3.01. The number of fused-ring (bicyclic) bond motifs is 1. The molecule has 1 amide bonds. The van der Waals surface area contributed by atoms with Crippen LogP contribution in [0.4, 0.5) is 9.52 Å². The number of anilines is 1. The highest BCUT2D eigenvalue weighted by Gasteiger charge is 2.23. The average molecular weight is 392 g/mol. The van der Waals surface area contributed by atoms with Crippen molar-refractivity contribution in [2.24, 2.45) is 0 Å². The summed E-state index contributed by atoms with van der Waals surface area (Å²) in [6, 6.07) is 11.4. The van der Waals surface area contributed by atoms with Gasteiger partial charge in [0.05, 0.1) is 15.8 Å². The van der Waals surface area contributed by atoms with Gasteiger partial charge in [-0.2, -0.15) is 0 Å². The molecule has 7 heteroatoms. The molecular formula is C19H19ClFN3OS. The number of hydrogen-bond donors (Lipinski definition) is 0. The first-order valence-corrected chi connectivity index (χ1v) is 9.42. The molecule has 0 aliphatic heterocycles. The zero-order chi connectivity index (χ0) is 18.7. The molecule has 0 saturated carbocycles. The summed E-state index contributed by atoms with van der Waals surface area (Å²) in [5, 5.41) is 1.17. The van der Waals surface area contributed by atoms with E-state index in [9.17, 15) is 9.18 Å². The van der Waals surface area contributed by atoms with Crippen LogP contribution in [0.1, 0.15) is 16.8 Å². The largest absolute Gasteiger partial charge is 0.309 e. The van der Waals surface area contributed by atoms with E-state index in [0.29, 0.717) is 16.7 Å². The summed E-state index contributed by atoms with van der Waals surface area (Å²) in [5.41, 5.74) is 0.822. The van der Waals surface area contributed by atoms with Crippen molar-refractivity contribution in [2.45, 2.75) is 6.42 Å². The molecule has 0 N–H and O–H groups in total. The molecule has 0 spiro atoms. The Kier molecular flexibility index (Phi) is 5.86. The number of carbonyl (C=O) groups is 1. The fraction of sp³-hybridized carbons (Fsp3) is 0.263. The van der Waals surface area contributed by atoms with E-state index < -0.39 is 5.82 Å². The molecule has 2 aromatic carbocycles. The van der Waals surface area contributed by atoms with Crippen molar-refractivity contribution < 1.29 is 9.18 Å².